The van der Waals surface area contributed by atoms with E-state index in [-0.39, 0.29) is 36.3 Å². The minimum absolute atomic E-state index is 0.00450. The van der Waals surface area contributed by atoms with E-state index in [2.05, 4.69) is 0 Å². The summed E-state index contributed by atoms with van der Waals surface area (Å²) in [5.74, 6) is -0.872. The molecule has 2 amide bonds. The smallest absolute Gasteiger partial charge is 0.302 e. The third-order valence-electron chi connectivity index (χ3n) is 4.77. The summed E-state index contributed by atoms with van der Waals surface area (Å²) in [6, 6.07) is 10.2. The van der Waals surface area contributed by atoms with Crippen molar-refractivity contribution in [2.75, 3.05) is 13.2 Å². The molecule has 9 heteroatoms. The van der Waals surface area contributed by atoms with Gasteiger partial charge in [0.2, 0.25) is 0 Å². The van der Waals surface area contributed by atoms with Gasteiger partial charge in [0, 0.05) is 29.6 Å². The van der Waals surface area contributed by atoms with Gasteiger partial charge in [-0.3, -0.25) is 19.3 Å². The Morgan fingerprint density at radius 3 is 2.62 bits per heavy atom. The maximum atomic E-state index is 13.0. The van der Waals surface area contributed by atoms with Crippen LogP contribution in [0, 0.1) is 11.3 Å². The molecule has 0 saturated carbocycles. The van der Waals surface area contributed by atoms with E-state index in [0.717, 1.165) is 4.90 Å². The maximum Gasteiger partial charge on any atom is 0.302 e. The van der Waals surface area contributed by atoms with Crippen LogP contribution < -0.4 is 0 Å². The van der Waals surface area contributed by atoms with Gasteiger partial charge < -0.3 is 9.15 Å². The number of nitriles is 1. The lowest BCUT2D eigenvalue weighted by atomic mass is 9.94. The lowest BCUT2D eigenvalue weighted by Gasteiger charge is -2.27. The normalized spacial score (nSPS) is 15.3. The number of benzene rings is 1. The summed E-state index contributed by atoms with van der Waals surface area (Å²) in [5, 5.41) is 10.4. The molecule has 0 radical (unpaired) electrons. The van der Waals surface area contributed by atoms with Gasteiger partial charge in [0.25, 0.3) is 11.8 Å². The van der Waals surface area contributed by atoms with E-state index in [9.17, 15) is 19.6 Å². The van der Waals surface area contributed by atoms with Crippen molar-refractivity contribution >= 4 is 47.1 Å². The number of nitrogens with zero attached hydrogens (tertiary/aromatic N) is 2. The number of halogens is 2. The summed E-state index contributed by atoms with van der Waals surface area (Å²) >= 11 is 12.2. The summed E-state index contributed by atoms with van der Waals surface area (Å²) in [6.45, 7) is 2.87. The monoisotopic (exact) mass is 472 g/mol. The zero-order valence-electron chi connectivity index (χ0n) is 17.3. The molecule has 0 aliphatic carbocycles. The number of imide groups is 1. The molecule has 1 aliphatic rings. The van der Waals surface area contributed by atoms with E-state index in [1.807, 2.05) is 6.07 Å². The van der Waals surface area contributed by atoms with Crippen LogP contribution in [0.25, 0.3) is 17.4 Å². The first-order chi connectivity index (χ1) is 15.2. The molecule has 1 aromatic carbocycles. The highest BCUT2D eigenvalue weighted by Gasteiger charge is 2.35. The second kappa shape index (κ2) is 9.86. The Morgan fingerprint density at radius 2 is 1.97 bits per heavy atom. The second-order valence-corrected chi connectivity index (χ2v) is 7.80. The molecule has 2 heterocycles. The quantitative estimate of drug-likeness (QED) is 0.259. The van der Waals surface area contributed by atoms with E-state index in [4.69, 9.17) is 32.4 Å². The average molecular weight is 473 g/mol. The zero-order valence-corrected chi connectivity index (χ0v) is 18.8. The molecule has 1 aromatic heterocycles. The third kappa shape index (κ3) is 4.93. The molecule has 0 atom stereocenters. The maximum absolute atomic E-state index is 13.0. The van der Waals surface area contributed by atoms with Crippen LogP contribution >= 0.6 is 23.2 Å². The molecular weight excluding hydrogens is 455 g/mol. The summed E-state index contributed by atoms with van der Waals surface area (Å²) in [5.41, 5.74) is 0.928. The van der Waals surface area contributed by atoms with Crippen molar-refractivity contribution in [3.63, 3.8) is 0 Å². The SMILES string of the molecule is CC(=O)OCCCN1C(=O)C(C#N)=C(C)/C(=C\c2ccc(-c3ccc(Cl)cc3Cl)o2)C1=O. The van der Waals surface area contributed by atoms with Gasteiger partial charge in [0.05, 0.1) is 11.6 Å². The topological polar surface area (TPSA) is 101 Å². The van der Waals surface area contributed by atoms with Crippen LogP contribution in [0.4, 0.5) is 0 Å². The van der Waals surface area contributed by atoms with Crippen LogP contribution in [0.2, 0.25) is 10.0 Å². The van der Waals surface area contributed by atoms with Crippen LogP contribution in [0.3, 0.4) is 0 Å². The van der Waals surface area contributed by atoms with Crippen LogP contribution in [-0.4, -0.2) is 35.8 Å². The van der Waals surface area contributed by atoms with Crippen LogP contribution in [0.5, 0.6) is 0 Å². The molecule has 0 fully saturated rings. The molecule has 2 aromatic rings. The first kappa shape index (κ1) is 23.3. The highest BCUT2D eigenvalue weighted by Crippen LogP contribution is 2.33. The molecule has 0 N–H and O–H groups in total. The molecular formula is C23H18Cl2N2O5. The Morgan fingerprint density at radius 1 is 1.22 bits per heavy atom. The minimum Gasteiger partial charge on any atom is -0.466 e. The highest BCUT2D eigenvalue weighted by molar-refractivity contribution is 6.36. The Balaban J connectivity index is 1.91. The van der Waals surface area contributed by atoms with Gasteiger partial charge in [0.15, 0.2) is 0 Å². The Bertz CT molecular complexity index is 1200. The fourth-order valence-corrected chi connectivity index (χ4v) is 3.68. The van der Waals surface area contributed by atoms with Crippen molar-refractivity contribution in [3.05, 3.63) is 62.9 Å². The van der Waals surface area contributed by atoms with Crippen LogP contribution in [0.1, 0.15) is 26.0 Å². The van der Waals surface area contributed by atoms with Crippen molar-refractivity contribution in [1.82, 2.24) is 4.90 Å². The summed E-state index contributed by atoms with van der Waals surface area (Å²) in [7, 11) is 0. The first-order valence-electron chi connectivity index (χ1n) is 9.60. The van der Waals surface area contributed by atoms with Crippen molar-refractivity contribution in [3.8, 4) is 17.4 Å². The van der Waals surface area contributed by atoms with Gasteiger partial charge in [-0.25, -0.2) is 0 Å². The summed E-state index contributed by atoms with van der Waals surface area (Å²) in [4.78, 5) is 37.5. The molecule has 0 saturated heterocycles. The number of furan rings is 1. The van der Waals surface area contributed by atoms with Crippen molar-refractivity contribution < 1.29 is 23.5 Å². The molecule has 7 nitrogen and oxygen atoms in total. The number of carbonyl (C=O) groups is 3. The fraction of sp³-hybridized carbons (Fsp3) is 0.217. The predicted octanol–water partition coefficient (Wildman–Crippen LogP) is 4.80. The van der Waals surface area contributed by atoms with E-state index in [1.54, 1.807) is 30.3 Å². The van der Waals surface area contributed by atoms with E-state index in [1.165, 1.54) is 19.9 Å². The van der Waals surface area contributed by atoms with Gasteiger partial charge in [-0.1, -0.05) is 23.2 Å². The van der Waals surface area contributed by atoms with Gasteiger partial charge in [-0.15, -0.1) is 0 Å². The Hall–Kier alpha value is -3.34. The van der Waals surface area contributed by atoms with Gasteiger partial charge in [0.1, 0.15) is 23.2 Å². The molecule has 32 heavy (non-hydrogen) atoms. The van der Waals surface area contributed by atoms with Crippen molar-refractivity contribution in [2.24, 2.45) is 0 Å². The number of amides is 2. The number of hydrogen-bond acceptors (Lipinski definition) is 6. The van der Waals surface area contributed by atoms with Gasteiger partial charge >= 0.3 is 5.97 Å². The highest BCUT2D eigenvalue weighted by atomic mass is 35.5. The summed E-state index contributed by atoms with van der Waals surface area (Å²) < 4.78 is 10.7. The van der Waals surface area contributed by atoms with E-state index < -0.39 is 17.8 Å². The van der Waals surface area contributed by atoms with Crippen LogP contribution in [-0.2, 0) is 19.1 Å². The van der Waals surface area contributed by atoms with E-state index >= 15 is 0 Å². The molecule has 3 rings (SSSR count). The molecule has 0 bridgehead atoms. The largest absolute Gasteiger partial charge is 0.466 e. The van der Waals surface area contributed by atoms with E-state index in [0.29, 0.717) is 27.1 Å². The minimum atomic E-state index is -0.678. The fourth-order valence-electron chi connectivity index (χ4n) is 3.18. The van der Waals surface area contributed by atoms with Crippen LogP contribution in [0.15, 0.2) is 51.5 Å². The average Bonchev–Trinajstić information content (AvgIpc) is 3.19. The molecule has 0 spiro atoms. The third-order valence-corrected chi connectivity index (χ3v) is 5.31. The Kier molecular flexibility index (Phi) is 7.18. The number of ether oxygens (including phenoxy) is 1. The summed E-state index contributed by atoms with van der Waals surface area (Å²) in [6.07, 6.45) is 1.73. The number of esters is 1. The predicted molar refractivity (Wildman–Crippen MR) is 118 cm³/mol. The molecule has 1 aliphatic heterocycles. The lowest BCUT2D eigenvalue weighted by molar-refractivity contribution is -0.141. The standard InChI is InChI=1S/C23H18Cl2N2O5/c1-13-18(11-16-5-7-21(32-16)17-6-4-15(24)10-20(17)25)22(29)27(23(30)19(13)12-26)8-3-9-31-14(2)28/h4-7,10-11H,3,8-9H2,1-2H3/b18-11+. The lowest BCUT2D eigenvalue weighted by Crippen LogP contribution is -2.43. The number of rotatable bonds is 6. The Labute approximate surface area is 194 Å². The number of carbonyl (C=O) groups excluding carboxylic acids is 3. The molecule has 0 unspecified atom stereocenters. The second-order valence-electron chi connectivity index (χ2n) is 6.95. The first-order valence-corrected chi connectivity index (χ1v) is 10.4. The zero-order chi connectivity index (χ0) is 23.4. The van der Waals surface area contributed by atoms with Gasteiger partial charge in [-0.2, -0.15) is 5.26 Å². The molecule has 164 valence electrons. The van der Waals surface area contributed by atoms with Crippen molar-refractivity contribution in [1.29, 1.82) is 5.26 Å². The number of hydrogen-bond donors (Lipinski definition) is 0. The van der Waals surface area contributed by atoms with Crippen molar-refractivity contribution in [2.45, 2.75) is 20.3 Å². The van der Waals surface area contributed by atoms with Gasteiger partial charge in [-0.05, 0) is 55.3 Å².